The molecule has 0 aliphatic heterocycles. The maximum absolute atomic E-state index is 12.4. The summed E-state index contributed by atoms with van der Waals surface area (Å²) in [5, 5.41) is 25.9. The summed E-state index contributed by atoms with van der Waals surface area (Å²) in [7, 11) is -8.59. The smallest absolute Gasteiger partial charge is 0.263 e. The van der Waals surface area contributed by atoms with Crippen LogP contribution in [0.2, 0.25) is 0 Å². The summed E-state index contributed by atoms with van der Waals surface area (Å²) in [5.74, 6) is 0.422. The summed E-state index contributed by atoms with van der Waals surface area (Å²) < 4.78 is 59.0. The van der Waals surface area contributed by atoms with Crippen molar-refractivity contribution in [3.05, 3.63) is 95.1 Å². The number of nitrogens with zero attached hydrogens (tertiary/aromatic N) is 4. The molecule has 0 N–H and O–H groups in total. The second kappa shape index (κ2) is 11.7. The lowest BCUT2D eigenvalue weighted by atomic mass is 10.0. The molecule has 0 unspecified atom stereocenters. The first kappa shape index (κ1) is 27.4. The predicted octanol–water partition coefficient (Wildman–Crippen LogP) is 3.69. The van der Waals surface area contributed by atoms with Crippen molar-refractivity contribution in [1.82, 2.24) is 0 Å². The highest BCUT2D eigenvalue weighted by molar-refractivity contribution is 7.87. The van der Waals surface area contributed by atoms with Crippen molar-refractivity contribution >= 4 is 44.3 Å². The zero-order valence-corrected chi connectivity index (χ0v) is 21.7. The van der Waals surface area contributed by atoms with Crippen molar-refractivity contribution in [3.8, 4) is 12.1 Å². The third-order valence-corrected chi connectivity index (χ3v) is 7.38. The van der Waals surface area contributed by atoms with Gasteiger partial charge in [0.25, 0.3) is 0 Å². The number of benzene rings is 3. The van der Waals surface area contributed by atoms with Gasteiger partial charge in [0.05, 0.1) is 0 Å². The van der Waals surface area contributed by atoms with Crippen molar-refractivity contribution in [2.24, 2.45) is 10.3 Å². The van der Waals surface area contributed by atoms with Gasteiger partial charge in [0, 0.05) is 16.9 Å². The number of nitriles is 2. The zero-order chi connectivity index (χ0) is 27.1. The summed E-state index contributed by atoms with van der Waals surface area (Å²) in [4.78, 5) is -0.316. The number of thiol groups is 1. The van der Waals surface area contributed by atoms with Crippen molar-refractivity contribution in [1.29, 1.82) is 10.5 Å². The SMILES string of the molecule is Cc1ccc(S(=O)(=O)ON=C(C#N)c2cccc(C(C#N)=NOS(=O)(=O)c3ccc(CS)cc3)c2)cc1. The van der Waals surface area contributed by atoms with Crippen molar-refractivity contribution in [2.75, 3.05) is 0 Å². The maximum Gasteiger partial charge on any atom is 0.358 e. The summed E-state index contributed by atoms with van der Waals surface area (Å²) in [6.45, 7) is 1.79. The first-order valence-electron chi connectivity index (χ1n) is 10.3. The van der Waals surface area contributed by atoms with Gasteiger partial charge in [-0.05, 0) is 42.8 Å². The van der Waals surface area contributed by atoms with Crippen LogP contribution < -0.4 is 0 Å². The van der Waals surface area contributed by atoms with Crippen molar-refractivity contribution in [2.45, 2.75) is 22.5 Å². The molecule has 37 heavy (non-hydrogen) atoms. The third kappa shape index (κ3) is 6.95. The van der Waals surface area contributed by atoms with Gasteiger partial charge in [-0.3, -0.25) is 8.57 Å². The Kier molecular flexibility index (Phi) is 8.68. The van der Waals surface area contributed by atoms with E-state index in [0.717, 1.165) is 11.1 Å². The minimum absolute atomic E-state index is 0.0879. The van der Waals surface area contributed by atoms with Gasteiger partial charge in [0.15, 0.2) is 11.4 Å². The van der Waals surface area contributed by atoms with Gasteiger partial charge in [-0.1, -0.05) is 58.3 Å². The first-order valence-corrected chi connectivity index (χ1v) is 13.8. The Morgan fingerprint density at radius 2 is 1.22 bits per heavy atom. The number of hydrogen-bond acceptors (Lipinski definition) is 11. The molecule has 0 aliphatic rings. The van der Waals surface area contributed by atoms with Crippen LogP contribution in [0.15, 0.2) is 92.9 Å². The lowest BCUT2D eigenvalue weighted by Crippen LogP contribution is -2.08. The molecule has 3 aromatic rings. The van der Waals surface area contributed by atoms with E-state index in [1.807, 2.05) is 0 Å². The molecule has 0 saturated heterocycles. The molecule has 10 nitrogen and oxygen atoms in total. The Morgan fingerprint density at radius 1 is 0.784 bits per heavy atom. The van der Waals surface area contributed by atoms with Crippen LogP contribution in [0.5, 0.6) is 0 Å². The fourth-order valence-corrected chi connectivity index (χ4v) is 4.48. The van der Waals surface area contributed by atoms with E-state index in [-0.39, 0.29) is 20.9 Å². The predicted molar refractivity (Wildman–Crippen MR) is 138 cm³/mol. The van der Waals surface area contributed by atoms with Crippen LogP contribution in [-0.2, 0) is 34.6 Å². The molecule has 188 valence electrons. The Labute approximate surface area is 219 Å². The van der Waals surface area contributed by atoms with Crippen LogP contribution in [0.3, 0.4) is 0 Å². The van der Waals surface area contributed by atoms with Crippen LogP contribution in [0.25, 0.3) is 0 Å². The highest BCUT2D eigenvalue weighted by Gasteiger charge is 2.19. The standard InChI is InChI=1S/C24H18N4O6S3/c1-17-5-9-21(10-6-17)36(29,30)33-27-23(14-25)19-3-2-4-20(13-19)24(15-26)28-34-37(31,32)22-11-7-18(16-35)8-12-22/h2-13,35H,16H2,1H3. The van der Waals surface area contributed by atoms with Gasteiger partial charge in [0.1, 0.15) is 21.9 Å². The molecule has 0 radical (unpaired) electrons. The van der Waals surface area contributed by atoms with Gasteiger partial charge in [0.2, 0.25) is 0 Å². The fraction of sp³-hybridized carbons (Fsp3) is 0.0833. The molecule has 0 amide bonds. The van der Waals surface area contributed by atoms with Crippen LogP contribution in [-0.4, -0.2) is 28.3 Å². The Balaban J connectivity index is 1.85. The lowest BCUT2D eigenvalue weighted by Gasteiger charge is -2.05. The third-order valence-electron chi connectivity index (χ3n) is 4.78. The van der Waals surface area contributed by atoms with Crippen molar-refractivity contribution in [3.63, 3.8) is 0 Å². The van der Waals surface area contributed by atoms with E-state index in [2.05, 4.69) is 27.2 Å². The van der Waals surface area contributed by atoms with E-state index in [9.17, 15) is 27.4 Å². The Bertz CT molecular complexity index is 1650. The number of aryl methyl sites for hydroxylation is 1. The van der Waals surface area contributed by atoms with Gasteiger partial charge >= 0.3 is 20.2 Å². The second-order valence-electron chi connectivity index (χ2n) is 7.36. The number of oxime groups is 2. The Morgan fingerprint density at radius 3 is 1.62 bits per heavy atom. The van der Waals surface area contributed by atoms with Gasteiger partial charge in [-0.2, -0.15) is 40.0 Å². The molecule has 0 atom stereocenters. The summed E-state index contributed by atoms with van der Waals surface area (Å²) >= 11 is 4.11. The zero-order valence-electron chi connectivity index (χ0n) is 19.1. The quantitative estimate of drug-likeness (QED) is 0.238. The van der Waals surface area contributed by atoms with E-state index in [1.165, 1.54) is 48.5 Å². The average Bonchev–Trinajstić information content (AvgIpc) is 2.90. The van der Waals surface area contributed by atoms with Crippen LogP contribution in [0.1, 0.15) is 22.3 Å². The summed E-state index contributed by atoms with van der Waals surface area (Å²) in [6, 6.07) is 20.6. The van der Waals surface area contributed by atoms with Gasteiger partial charge < -0.3 is 0 Å². The van der Waals surface area contributed by atoms with Gasteiger partial charge in [-0.15, -0.1) is 0 Å². The molecule has 0 aliphatic carbocycles. The van der Waals surface area contributed by atoms with Crippen LogP contribution in [0, 0.1) is 29.6 Å². The minimum Gasteiger partial charge on any atom is -0.263 e. The molecule has 3 rings (SSSR count). The van der Waals surface area contributed by atoms with E-state index < -0.39 is 31.7 Å². The van der Waals surface area contributed by atoms with Crippen molar-refractivity contribution < 1.29 is 25.4 Å². The summed E-state index contributed by atoms with van der Waals surface area (Å²) in [5.41, 5.74) is 0.994. The molecule has 13 heteroatoms. The highest BCUT2D eigenvalue weighted by atomic mass is 32.2. The molecule has 0 aromatic heterocycles. The van der Waals surface area contributed by atoms with Crippen LogP contribution in [0.4, 0.5) is 0 Å². The Hall–Kier alpha value is -4.17. The van der Waals surface area contributed by atoms with Gasteiger partial charge in [-0.25, -0.2) is 0 Å². The lowest BCUT2D eigenvalue weighted by molar-refractivity contribution is 0.339. The molecular formula is C24H18N4O6S3. The summed E-state index contributed by atoms with van der Waals surface area (Å²) in [6.07, 6.45) is 0. The number of rotatable bonds is 9. The minimum atomic E-state index is -4.31. The maximum atomic E-state index is 12.4. The average molecular weight is 555 g/mol. The largest absolute Gasteiger partial charge is 0.358 e. The molecule has 3 aromatic carbocycles. The van der Waals surface area contributed by atoms with Crippen LogP contribution >= 0.6 is 12.6 Å². The number of hydrogen-bond donors (Lipinski definition) is 1. The first-order chi connectivity index (χ1) is 17.6. The molecule has 0 bridgehead atoms. The fourth-order valence-electron chi connectivity index (χ4n) is 2.81. The molecule has 0 heterocycles. The van der Waals surface area contributed by atoms with E-state index in [1.54, 1.807) is 43.3 Å². The second-order valence-corrected chi connectivity index (χ2v) is 10.7. The topological polar surface area (TPSA) is 159 Å². The molecule has 0 fully saturated rings. The molecular weight excluding hydrogens is 536 g/mol. The van der Waals surface area contributed by atoms with E-state index in [4.69, 9.17) is 4.28 Å². The van der Waals surface area contributed by atoms with E-state index in [0.29, 0.717) is 5.75 Å². The molecule has 0 saturated carbocycles. The molecule has 0 spiro atoms. The van der Waals surface area contributed by atoms with E-state index >= 15 is 0 Å². The normalized spacial score (nSPS) is 12.3. The highest BCUT2D eigenvalue weighted by Crippen LogP contribution is 2.17. The monoisotopic (exact) mass is 554 g/mol.